The summed E-state index contributed by atoms with van der Waals surface area (Å²) in [6.45, 7) is 1.02. The van der Waals surface area contributed by atoms with Crippen LogP contribution in [-0.2, 0) is 19.4 Å². The van der Waals surface area contributed by atoms with Crippen LogP contribution in [-0.4, -0.2) is 33.2 Å². The molecular weight excluding hydrogens is 437 g/mol. The molecule has 0 atom stereocenters. The van der Waals surface area contributed by atoms with Crippen LogP contribution in [0, 0.1) is 6.92 Å². The van der Waals surface area contributed by atoms with Crippen LogP contribution in [0.5, 0.6) is 0 Å². The number of halogens is 3. The zero-order valence-corrected chi connectivity index (χ0v) is 17.3. The highest BCUT2D eigenvalue weighted by molar-refractivity contribution is 7.90. The van der Waals surface area contributed by atoms with Gasteiger partial charge in [0, 0.05) is 6.26 Å². The number of hydrogen-bond acceptors (Lipinski definition) is 5. The van der Waals surface area contributed by atoms with E-state index in [-0.39, 0.29) is 31.2 Å². The van der Waals surface area contributed by atoms with Crippen molar-refractivity contribution in [3.63, 3.8) is 0 Å². The summed E-state index contributed by atoms with van der Waals surface area (Å²) >= 11 is 17.6. The van der Waals surface area contributed by atoms with Gasteiger partial charge in [-0.05, 0) is 36.8 Å². The van der Waals surface area contributed by atoms with Gasteiger partial charge in [-0.15, -0.1) is 0 Å². The molecule has 144 valence electrons. The van der Waals surface area contributed by atoms with Gasteiger partial charge in [-0.25, -0.2) is 13.2 Å². The molecule has 27 heavy (non-hydrogen) atoms. The number of anilines is 1. The molecule has 0 aromatic heterocycles. The fraction of sp³-hybridized carbons (Fsp3) is 0.176. The molecule has 0 unspecified atom stereocenters. The Morgan fingerprint density at radius 3 is 2.30 bits per heavy atom. The minimum absolute atomic E-state index is 0.0212. The van der Waals surface area contributed by atoms with Crippen molar-refractivity contribution < 1.29 is 22.7 Å². The first-order chi connectivity index (χ1) is 12.5. The first-order valence-corrected chi connectivity index (χ1v) is 10.4. The summed E-state index contributed by atoms with van der Waals surface area (Å²) < 4.78 is 28.2. The van der Waals surface area contributed by atoms with Gasteiger partial charge in [0.2, 0.25) is 0 Å². The number of sulfone groups is 1. The van der Waals surface area contributed by atoms with Crippen molar-refractivity contribution in [2.75, 3.05) is 18.2 Å². The third kappa shape index (κ3) is 5.59. The molecule has 0 aliphatic heterocycles. The summed E-state index contributed by atoms with van der Waals surface area (Å²) in [7, 11) is -3.48. The Labute approximate surface area is 171 Å². The van der Waals surface area contributed by atoms with Gasteiger partial charge in [-0.2, -0.15) is 0 Å². The van der Waals surface area contributed by atoms with E-state index in [1.54, 1.807) is 6.92 Å². The molecule has 1 amide bonds. The highest BCUT2D eigenvalue weighted by atomic mass is 35.5. The Kier molecular flexibility index (Phi) is 6.75. The molecule has 0 bridgehead atoms. The van der Waals surface area contributed by atoms with Crippen molar-refractivity contribution >= 4 is 62.2 Å². The van der Waals surface area contributed by atoms with E-state index in [2.05, 4.69) is 5.32 Å². The van der Waals surface area contributed by atoms with Gasteiger partial charge < -0.3 is 10.1 Å². The Morgan fingerprint density at radius 1 is 1.04 bits per heavy atom. The molecule has 0 aliphatic carbocycles. The van der Waals surface area contributed by atoms with Gasteiger partial charge >= 0.3 is 5.97 Å². The smallest absolute Gasteiger partial charge is 0.338 e. The van der Waals surface area contributed by atoms with Gasteiger partial charge in [0.05, 0.1) is 31.2 Å². The predicted molar refractivity (Wildman–Crippen MR) is 105 cm³/mol. The lowest BCUT2D eigenvalue weighted by Gasteiger charge is -2.10. The summed E-state index contributed by atoms with van der Waals surface area (Å²) in [6, 6.07) is 6.82. The summed E-state index contributed by atoms with van der Waals surface area (Å²) in [5.74, 6) is -1.48. The Morgan fingerprint density at radius 2 is 1.67 bits per heavy atom. The monoisotopic (exact) mass is 449 g/mol. The fourth-order valence-electron chi connectivity index (χ4n) is 2.07. The standard InChI is InChI=1S/C17H14Cl3NO5S/c1-9-3-4-10(27(2,24)25)5-11(9)17(23)26-8-16(22)21-15-7-13(19)12(18)6-14(15)20/h3-7H,8H2,1-2H3,(H,21,22). The van der Waals surface area contributed by atoms with Crippen LogP contribution in [0.1, 0.15) is 15.9 Å². The highest BCUT2D eigenvalue weighted by Crippen LogP contribution is 2.32. The number of ether oxygens (including phenoxy) is 1. The van der Waals surface area contributed by atoms with Gasteiger partial charge in [0.1, 0.15) is 0 Å². The largest absolute Gasteiger partial charge is 0.452 e. The number of benzene rings is 2. The molecule has 10 heteroatoms. The molecule has 0 saturated carbocycles. The summed E-state index contributed by atoms with van der Waals surface area (Å²) in [5, 5.41) is 3.04. The Balaban J connectivity index is 2.08. The van der Waals surface area contributed by atoms with Gasteiger partial charge in [0.25, 0.3) is 5.91 Å². The number of rotatable bonds is 5. The normalized spacial score (nSPS) is 11.1. The van der Waals surface area contributed by atoms with Crippen LogP contribution in [0.3, 0.4) is 0 Å². The van der Waals surface area contributed by atoms with Crippen LogP contribution >= 0.6 is 34.8 Å². The molecular formula is C17H14Cl3NO5S. The molecule has 0 saturated heterocycles. The molecule has 0 spiro atoms. The van der Waals surface area contributed by atoms with Crippen molar-refractivity contribution in [3.05, 3.63) is 56.5 Å². The molecule has 0 aliphatic rings. The third-order valence-corrected chi connectivity index (χ3v) is 5.62. The number of carbonyl (C=O) groups is 2. The molecule has 2 rings (SSSR count). The average molecular weight is 451 g/mol. The summed E-state index contributed by atoms with van der Waals surface area (Å²) in [4.78, 5) is 24.2. The van der Waals surface area contributed by atoms with E-state index in [0.29, 0.717) is 5.56 Å². The fourth-order valence-corrected chi connectivity index (χ4v) is 3.31. The zero-order valence-electron chi connectivity index (χ0n) is 14.2. The van der Waals surface area contributed by atoms with Crippen LogP contribution in [0.15, 0.2) is 35.2 Å². The van der Waals surface area contributed by atoms with E-state index < -0.39 is 28.3 Å². The van der Waals surface area contributed by atoms with Crippen molar-refractivity contribution in [3.8, 4) is 0 Å². The number of amides is 1. The van der Waals surface area contributed by atoms with E-state index in [0.717, 1.165) is 6.26 Å². The van der Waals surface area contributed by atoms with Crippen LogP contribution < -0.4 is 5.32 Å². The van der Waals surface area contributed by atoms with Gasteiger partial charge in [0.15, 0.2) is 16.4 Å². The number of hydrogen-bond donors (Lipinski definition) is 1. The Bertz CT molecular complexity index is 1020. The first kappa shape index (κ1) is 21.5. The third-order valence-electron chi connectivity index (χ3n) is 3.48. The second-order valence-corrected chi connectivity index (χ2v) is 8.86. The van der Waals surface area contributed by atoms with Crippen molar-refractivity contribution in [1.29, 1.82) is 0 Å². The molecule has 2 aromatic rings. The molecule has 1 N–H and O–H groups in total. The molecule has 0 fully saturated rings. The maximum Gasteiger partial charge on any atom is 0.338 e. The minimum atomic E-state index is -3.48. The number of carbonyl (C=O) groups excluding carboxylic acids is 2. The topological polar surface area (TPSA) is 89.5 Å². The highest BCUT2D eigenvalue weighted by Gasteiger charge is 2.17. The number of aryl methyl sites for hydroxylation is 1. The Hall–Kier alpha value is -1.80. The van der Waals surface area contributed by atoms with Crippen molar-refractivity contribution in [1.82, 2.24) is 0 Å². The van der Waals surface area contributed by atoms with E-state index in [1.165, 1.54) is 30.3 Å². The van der Waals surface area contributed by atoms with Crippen molar-refractivity contribution in [2.45, 2.75) is 11.8 Å². The first-order valence-electron chi connectivity index (χ1n) is 7.41. The van der Waals surface area contributed by atoms with Crippen molar-refractivity contribution in [2.24, 2.45) is 0 Å². The summed E-state index contributed by atoms with van der Waals surface area (Å²) in [5.41, 5.74) is 0.779. The maximum absolute atomic E-state index is 12.2. The van der Waals surface area contributed by atoms with Crippen LogP contribution in [0.4, 0.5) is 5.69 Å². The zero-order chi connectivity index (χ0) is 20.4. The number of esters is 1. The average Bonchev–Trinajstić information content (AvgIpc) is 2.57. The number of nitrogens with one attached hydrogen (secondary N) is 1. The van der Waals surface area contributed by atoms with E-state index in [1.807, 2.05) is 0 Å². The maximum atomic E-state index is 12.2. The van der Waals surface area contributed by atoms with E-state index in [4.69, 9.17) is 39.5 Å². The molecule has 6 nitrogen and oxygen atoms in total. The lowest BCUT2D eigenvalue weighted by atomic mass is 10.1. The predicted octanol–water partition coefficient (Wildman–Crippen LogP) is 4.15. The minimum Gasteiger partial charge on any atom is -0.452 e. The lowest BCUT2D eigenvalue weighted by molar-refractivity contribution is -0.119. The van der Waals surface area contributed by atoms with Gasteiger partial charge in [-0.3, -0.25) is 4.79 Å². The SMILES string of the molecule is Cc1ccc(S(C)(=O)=O)cc1C(=O)OCC(=O)Nc1cc(Cl)c(Cl)cc1Cl. The molecule has 0 heterocycles. The quantitative estimate of drug-likeness (QED) is 0.546. The van der Waals surface area contributed by atoms with Crippen LogP contribution in [0.25, 0.3) is 0 Å². The van der Waals surface area contributed by atoms with Crippen LogP contribution in [0.2, 0.25) is 15.1 Å². The second-order valence-electron chi connectivity index (χ2n) is 5.62. The van der Waals surface area contributed by atoms with E-state index >= 15 is 0 Å². The summed E-state index contributed by atoms with van der Waals surface area (Å²) in [6.07, 6.45) is 1.03. The van der Waals surface area contributed by atoms with Gasteiger partial charge in [-0.1, -0.05) is 40.9 Å². The molecule has 0 radical (unpaired) electrons. The molecule has 2 aromatic carbocycles. The lowest BCUT2D eigenvalue weighted by Crippen LogP contribution is -2.21. The second kappa shape index (κ2) is 8.48. The van der Waals surface area contributed by atoms with E-state index in [9.17, 15) is 18.0 Å².